The maximum absolute atomic E-state index is 9.31. The minimum atomic E-state index is 0.0822. The molecule has 1 N–H and O–H groups in total. The minimum absolute atomic E-state index is 0.0822. The van der Waals surface area contributed by atoms with E-state index in [0.29, 0.717) is 0 Å². The standard InChI is InChI=1S/C13H18N2OS/c1-2-17-8-4-7-15-9-11(10-16)12-5-3-6-14-13(12)15/h3,5-6,9,16H,2,4,7-8,10H2,1H3. The quantitative estimate of drug-likeness (QED) is 0.801. The number of nitrogens with zero attached hydrogens (tertiary/aromatic N) is 2. The molecule has 2 heterocycles. The van der Waals surface area contributed by atoms with Crippen molar-refractivity contribution in [1.29, 1.82) is 0 Å². The van der Waals surface area contributed by atoms with Crippen LogP contribution in [0, 0.1) is 0 Å². The average Bonchev–Trinajstić information content (AvgIpc) is 2.73. The molecule has 92 valence electrons. The Hall–Kier alpha value is -1.00. The van der Waals surface area contributed by atoms with E-state index >= 15 is 0 Å². The van der Waals surface area contributed by atoms with Gasteiger partial charge in [0, 0.05) is 29.9 Å². The SMILES string of the molecule is CCSCCCn1cc(CO)c2cccnc21. The van der Waals surface area contributed by atoms with Crippen LogP contribution in [-0.2, 0) is 13.2 Å². The van der Waals surface area contributed by atoms with Gasteiger partial charge in [0.2, 0.25) is 0 Å². The lowest BCUT2D eigenvalue weighted by atomic mass is 10.2. The van der Waals surface area contributed by atoms with Crippen molar-refractivity contribution in [1.82, 2.24) is 9.55 Å². The molecule has 0 radical (unpaired) electrons. The second-order valence-electron chi connectivity index (χ2n) is 3.93. The summed E-state index contributed by atoms with van der Waals surface area (Å²) in [5.74, 6) is 2.35. The Morgan fingerprint density at radius 2 is 2.35 bits per heavy atom. The largest absolute Gasteiger partial charge is 0.392 e. The first kappa shape index (κ1) is 12.5. The molecule has 0 unspecified atom stereocenters. The van der Waals surface area contributed by atoms with Crippen molar-refractivity contribution in [2.75, 3.05) is 11.5 Å². The first-order valence-electron chi connectivity index (χ1n) is 5.98. The topological polar surface area (TPSA) is 38.0 Å². The molecule has 17 heavy (non-hydrogen) atoms. The molecule has 0 fully saturated rings. The Balaban J connectivity index is 2.16. The van der Waals surface area contributed by atoms with E-state index in [1.807, 2.05) is 30.1 Å². The molecule has 0 atom stereocenters. The third-order valence-corrected chi connectivity index (χ3v) is 3.76. The molecule has 0 aromatic carbocycles. The normalized spacial score (nSPS) is 11.2. The van der Waals surface area contributed by atoms with Gasteiger partial charge >= 0.3 is 0 Å². The Morgan fingerprint density at radius 3 is 3.12 bits per heavy atom. The van der Waals surface area contributed by atoms with Crippen LogP contribution in [0.3, 0.4) is 0 Å². The van der Waals surface area contributed by atoms with E-state index < -0.39 is 0 Å². The predicted octanol–water partition coefficient (Wildman–Crippen LogP) is 2.67. The van der Waals surface area contributed by atoms with Gasteiger partial charge in [-0.25, -0.2) is 4.98 Å². The summed E-state index contributed by atoms with van der Waals surface area (Å²) in [5.41, 5.74) is 1.95. The van der Waals surface area contributed by atoms with Crippen LogP contribution in [0.2, 0.25) is 0 Å². The molecule has 4 heteroatoms. The maximum Gasteiger partial charge on any atom is 0.140 e. The van der Waals surface area contributed by atoms with E-state index in [-0.39, 0.29) is 6.61 Å². The number of rotatable bonds is 6. The van der Waals surface area contributed by atoms with Gasteiger partial charge < -0.3 is 9.67 Å². The summed E-state index contributed by atoms with van der Waals surface area (Å²) >= 11 is 1.96. The van der Waals surface area contributed by atoms with Crippen molar-refractivity contribution in [2.24, 2.45) is 0 Å². The number of aliphatic hydroxyl groups excluding tert-OH is 1. The molecule has 0 aliphatic carbocycles. The van der Waals surface area contributed by atoms with Crippen molar-refractivity contribution >= 4 is 22.8 Å². The molecule has 0 saturated heterocycles. The Kier molecular flexibility index (Phi) is 4.45. The highest BCUT2D eigenvalue weighted by molar-refractivity contribution is 7.99. The van der Waals surface area contributed by atoms with Crippen molar-refractivity contribution < 1.29 is 5.11 Å². The lowest BCUT2D eigenvalue weighted by molar-refractivity contribution is 0.283. The van der Waals surface area contributed by atoms with Crippen molar-refractivity contribution in [3.05, 3.63) is 30.1 Å². The summed E-state index contributed by atoms with van der Waals surface area (Å²) in [6, 6.07) is 3.93. The smallest absolute Gasteiger partial charge is 0.140 e. The van der Waals surface area contributed by atoms with E-state index in [0.717, 1.165) is 29.6 Å². The number of aryl methyl sites for hydroxylation is 1. The van der Waals surface area contributed by atoms with Crippen LogP contribution in [0.15, 0.2) is 24.5 Å². The molecule has 2 rings (SSSR count). The van der Waals surface area contributed by atoms with Crippen LogP contribution in [0.25, 0.3) is 11.0 Å². The fraction of sp³-hybridized carbons (Fsp3) is 0.462. The molecule has 0 bridgehead atoms. The van der Waals surface area contributed by atoms with E-state index in [1.54, 1.807) is 6.20 Å². The Labute approximate surface area is 106 Å². The van der Waals surface area contributed by atoms with Crippen molar-refractivity contribution in [3.8, 4) is 0 Å². The number of hydrogen-bond acceptors (Lipinski definition) is 3. The first-order chi connectivity index (χ1) is 8.36. The molecule has 2 aromatic rings. The van der Waals surface area contributed by atoms with Crippen LogP contribution in [0.4, 0.5) is 0 Å². The predicted molar refractivity (Wildman–Crippen MR) is 73.3 cm³/mol. The molecule has 3 nitrogen and oxygen atoms in total. The highest BCUT2D eigenvalue weighted by atomic mass is 32.2. The third-order valence-electron chi connectivity index (χ3n) is 2.78. The van der Waals surface area contributed by atoms with Gasteiger partial charge in [0.05, 0.1) is 6.61 Å². The summed E-state index contributed by atoms with van der Waals surface area (Å²) in [6.45, 7) is 3.24. The van der Waals surface area contributed by atoms with Crippen molar-refractivity contribution in [2.45, 2.75) is 26.5 Å². The lowest BCUT2D eigenvalue weighted by Crippen LogP contribution is -1.98. The van der Waals surface area contributed by atoms with E-state index in [1.165, 1.54) is 11.5 Å². The summed E-state index contributed by atoms with van der Waals surface area (Å²) in [7, 11) is 0. The number of aliphatic hydroxyl groups is 1. The van der Waals surface area contributed by atoms with Gasteiger partial charge in [0.15, 0.2) is 0 Å². The lowest BCUT2D eigenvalue weighted by Gasteiger charge is -2.03. The van der Waals surface area contributed by atoms with Gasteiger partial charge in [-0.1, -0.05) is 6.92 Å². The van der Waals surface area contributed by atoms with Crippen LogP contribution >= 0.6 is 11.8 Å². The van der Waals surface area contributed by atoms with E-state index in [4.69, 9.17) is 0 Å². The monoisotopic (exact) mass is 250 g/mol. The zero-order chi connectivity index (χ0) is 12.1. The van der Waals surface area contributed by atoms with Gasteiger partial charge in [0.1, 0.15) is 5.65 Å². The summed E-state index contributed by atoms with van der Waals surface area (Å²) in [4.78, 5) is 4.39. The molecule has 0 aliphatic heterocycles. The fourth-order valence-electron chi connectivity index (χ4n) is 1.97. The summed E-state index contributed by atoms with van der Waals surface area (Å²) < 4.78 is 2.15. The molecule has 0 spiro atoms. The summed E-state index contributed by atoms with van der Waals surface area (Å²) in [6.07, 6.45) is 4.97. The second-order valence-corrected chi connectivity index (χ2v) is 5.32. The zero-order valence-corrected chi connectivity index (χ0v) is 10.9. The Bertz CT molecular complexity index is 481. The number of fused-ring (bicyclic) bond motifs is 1. The van der Waals surface area contributed by atoms with Crippen LogP contribution in [0.1, 0.15) is 18.9 Å². The highest BCUT2D eigenvalue weighted by Gasteiger charge is 2.07. The molecule has 0 amide bonds. The number of hydrogen-bond donors (Lipinski definition) is 1. The third kappa shape index (κ3) is 2.82. The van der Waals surface area contributed by atoms with E-state index in [9.17, 15) is 5.11 Å². The average molecular weight is 250 g/mol. The van der Waals surface area contributed by atoms with Gasteiger partial charge in [-0.15, -0.1) is 0 Å². The highest BCUT2D eigenvalue weighted by Crippen LogP contribution is 2.19. The molecular formula is C13H18N2OS. The molecular weight excluding hydrogens is 232 g/mol. The van der Waals surface area contributed by atoms with Crippen LogP contribution in [0.5, 0.6) is 0 Å². The number of aromatic nitrogens is 2. The van der Waals surface area contributed by atoms with Gasteiger partial charge in [-0.2, -0.15) is 11.8 Å². The van der Waals surface area contributed by atoms with Crippen LogP contribution in [-0.4, -0.2) is 26.2 Å². The molecule has 2 aromatic heterocycles. The Morgan fingerprint density at radius 1 is 1.47 bits per heavy atom. The first-order valence-corrected chi connectivity index (χ1v) is 7.13. The van der Waals surface area contributed by atoms with Crippen molar-refractivity contribution in [3.63, 3.8) is 0 Å². The van der Waals surface area contributed by atoms with Gasteiger partial charge in [-0.05, 0) is 30.1 Å². The van der Waals surface area contributed by atoms with Crippen LogP contribution < -0.4 is 0 Å². The fourth-order valence-corrected chi connectivity index (χ4v) is 2.59. The van der Waals surface area contributed by atoms with E-state index in [2.05, 4.69) is 16.5 Å². The number of thioether (sulfide) groups is 1. The number of pyridine rings is 1. The van der Waals surface area contributed by atoms with Gasteiger partial charge in [-0.3, -0.25) is 0 Å². The maximum atomic E-state index is 9.31. The zero-order valence-electron chi connectivity index (χ0n) is 10.1. The molecule has 0 saturated carbocycles. The van der Waals surface area contributed by atoms with Gasteiger partial charge in [0.25, 0.3) is 0 Å². The molecule has 0 aliphatic rings. The summed E-state index contributed by atoms with van der Waals surface area (Å²) in [5, 5.41) is 10.4. The minimum Gasteiger partial charge on any atom is -0.392 e. The second kappa shape index (κ2) is 6.07.